The molecule has 1 fully saturated rings. The minimum Gasteiger partial charge on any atom is -0.378 e. The summed E-state index contributed by atoms with van der Waals surface area (Å²) >= 11 is 1.42. The highest BCUT2D eigenvalue weighted by molar-refractivity contribution is 7.98. The average molecular weight is 457 g/mol. The molecule has 0 radical (unpaired) electrons. The van der Waals surface area contributed by atoms with Crippen LogP contribution in [0.4, 0.5) is 0 Å². The number of sulfonamides is 1. The summed E-state index contributed by atoms with van der Waals surface area (Å²) in [7, 11) is -3.78. The van der Waals surface area contributed by atoms with Crippen molar-refractivity contribution in [1.82, 2.24) is 9.62 Å². The third kappa shape index (κ3) is 4.93. The van der Waals surface area contributed by atoms with Gasteiger partial charge in [-0.15, -0.1) is 11.8 Å². The molecule has 0 saturated carbocycles. The van der Waals surface area contributed by atoms with Gasteiger partial charge in [0.05, 0.1) is 23.7 Å². The molecule has 1 aliphatic rings. The van der Waals surface area contributed by atoms with E-state index in [2.05, 4.69) is 4.72 Å². The molecule has 4 rings (SSSR count). The van der Waals surface area contributed by atoms with Crippen molar-refractivity contribution in [2.45, 2.75) is 16.3 Å². The number of carbonyl (C=O) groups is 1. The normalized spacial score (nSPS) is 14.7. The fraction of sp³-hybridized carbons (Fsp3) is 0.261. The Labute approximate surface area is 186 Å². The summed E-state index contributed by atoms with van der Waals surface area (Å²) in [4.78, 5) is 15.6. The Balaban J connectivity index is 1.56. The Bertz CT molecular complexity index is 1210. The van der Waals surface area contributed by atoms with Crippen LogP contribution < -0.4 is 4.72 Å². The lowest BCUT2D eigenvalue weighted by molar-refractivity contribution is 0.0300. The molecule has 0 atom stereocenters. The summed E-state index contributed by atoms with van der Waals surface area (Å²) < 4.78 is 33.9. The van der Waals surface area contributed by atoms with Crippen LogP contribution in [-0.4, -0.2) is 51.8 Å². The molecule has 1 aliphatic heterocycles. The van der Waals surface area contributed by atoms with Crippen molar-refractivity contribution >= 4 is 38.5 Å². The van der Waals surface area contributed by atoms with Gasteiger partial charge in [-0.2, -0.15) is 0 Å². The van der Waals surface area contributed by atoms with Crippen molar-refractivity contribution in [2.75, 3.05) is 32.6 Å². The SMILES string of the molecule is CSc1ccc(S(=O)(=O)NCc2ccc3ccccc3c2)cc1C(=O)N1CCOCC1. The van der Waals surface area contributed by atoms with E-state index in [1.165, 1.54) is 17.8 Å². The molecule has 0 unspecified atom stereocenters. The van der Waals surface area contributed by atoms with E-state index in [4.69, 9.17) is 4.74 Å². The van der Waals surface area contributed by atoms with Crippen molar-refractivity contribution in [3.05, 3.63) is 71.8 Å². The van der Waals surface area contributed by atoms with Crippen LogP contribution in [0.3, 0.4) is 0 Å². The standard InChI is InChI=1S/C23H24N2O4S2/c1-30-22-9-8-20(15-21(22)23(26)25-10-12-29-13-11-25)31(27,28)24-16-17-6-7-18-4-2-3-5-19(18)14-17/h2-9,14-15,24H,10-13,16H2,1H3. The van der Waals surface area contributed by atoms with E-state index in [9.17, 15) is 13.2 Å². The highest BCUT2D eigenvalue weighted by atomic mass is 32.2. The van der Waals surface area contributed by atoms with E-state index in [-0.39, 0.29) is 17.3 Å². The summed E-state index contributed by atoms with van der Waals surface area (Å²) in [5.74, 6) is -0.167. The number of hydrogen-bond acceptors (Lipinski definition) is 5. The van der Waals surface area contributed by atoms with Crippen LogP contribution in [0.5, 0.6) is 0 Å². The molecule has 8 heteroatoms. The minimum absolute atomic E-state index is 0.0858. The second-order valence-electron chi connectivity index (χ2n) is 7.27. The minimum atomic E-state index is -3.78. The van der Waals surface area contributed by atoms with Crippen molar-refractivity contribution < 1.29 is 17.9 Å². The fourth-order valence-corrected chi connectivity index (χ4v) is 5.18. The van der Waals surface area contributed by atoms with Crippen LogP contribution in [0.2, 0.25) is 0 Å². The predicted octanol–water partition coefficient (Wildman–Crippen LogP) is 3.51. The lowest BCUT2D eigenvalue weighted by atomic mass is 10.1. The van der Waals surface area contributed by atoms with Gasteiger partial charge in [-0.1, -0.05) is 36.4 Å². The molecule has 0 aromatic heterocycles. The molecule has 0 aliphatic carbocycles. The Morgan fingerprint density at radius 2 is 1.77 bits per heavy atom. The Morgan fingerprint density at radius 1 is 1.03 bits per heavy atom. The smallest absolute Gasteiger partial charge is 0.255 e. The number of ether oxygens (including phenoxy) is 1. The number of nitrogens with one attached hydrogen (secondary N) is 1. The summed E-state index contributed by atoms with van der Waals surface area (Å²) in [6.07, 6.45) is 1.87. The molecular formula is C23H24N2O4S2. The molecular weight excluding hydrogens is 432 g/mol. The van der Waals surface area contributed by atoms with Crippen LogP contribution in [0.1, 0.15) is 15.9 Å². The summed E-state index contributed by atoms with van der Waals surface area (Å²) in [6.45, 7) is 2.16. The van der Waals surface area contributed by atoms with Gasteiger partial charge in [0.1, 0.15) is 0 Å². The molecule has 6 nitrogen and oxygen atoms in total. The molecule has 1 saturated heterocycles. The molecule has 1 N–H and O–H groups in total. The lowest BCUT2D eigenvalue weighted by Crippen LogP contribution is -2.41. The van der Waals surface area contributed by atoms with Gasteiger partial charge in [-0.25, -0.2) is 13.1 Å². The number of hydrogen-bond donors (Lipinski definition) is 1. The lowest BCUT2D eigenvalue weighted by Gasteiger charge is -2.27. The summed E-state index contributed by atoms with van der Waals surface area (Å²) in [6, 6.07) is 18.5. The van der Waals surface area contributed by atoms with E-state index in [1.54, 1.807) is 17.0 Å². The van der Waals surface area contributed by atoms with Crippen LogP contribution in [0.15, 0.2) is 70.5 Å². The molecule has 1 amide bonds. The second kappa shape index (κ2) is 9.40. The maximum Gasteiger partial charge on any atom is 0.255 e. The van der Waals surface area contributed by atoms with E-state index in [0.29, 0.717) is 31.9 Å². The first-order valence-corrected chi connectivity index (χ1v) is 12.7. The summed E-state index contributed by atoms with van der Waals surface area (Å²) in [5.41, 5.74) is 1.27. The average Bonchev–Trinajstić information content (AvgIpc) is 2.82. The summed E-state index contributed by atoms with van der Waals surface area (Å²) in [5, 5.41) is 2.16. The maximum absolute atomic E-state index is 13.0. The van der Waals surface area contributed by atoms with E-state index < -0.39 is 10.0 Å². The first-order chi connectivity index (χ1) is 15.0. The first kappa shape index (κ1) is 21.8. The zero-order valence-corrected chi connectivity index (χ0v) is 18.8. The van der Waals surface area contributed by atoms with Gasteiger partial charge in [-0.05, 0) is 46.9 Å². The van der Waals surface area contributed by atoms with Gasteiger partial charge in [0.25, 0.3) is 5.91 Å². The third-order valence-electron chi connectivity index (χ3n) is 5.29. The largest absolute Gasteiger partial charge is 0.378 e. The van der Waals surface area contributed by atoms with Crippen molar-refractivity contribution in [3.63, 3.8) is 0 Å². The molecule has 3 aromatic rings. The first-order valence-electron chi connectivity index (χ1n) is 10.0. The molecule has 3 aromatic carbocycles. The van der Waals surface area contributed by atoms with Gasteiger partial charge in [0.2, 0.25) is 10.0 Å². The molecule has 0 spiro atoms. The quantitative estimate of drug-likeness (QED) is 0.575. The molecule has 162 valence electrons. The van der Waals surface area contributed by atoms with Gasteiger partial charge in [0, 0.05) is 24.5 Å². The third-order valence-corrected chi connectivity index (χ3v) is 7.48. The number of thioether (sulfide) groups is 1. The van der Waals surface area contributed by atoms with Crippen LogP contribution >= 0.6 is 11.8 Å². The Morgan fingerprint density at radius 3 is 2.52 bits per heavy atom. The van der Waals surface area contributed by atoms with E-state index in [1.807, 2.05) is 48.7 Å². The van der Waals surface area contributed by atoms with Crippen LogP contribution in [0.25, 0.3) is 10.8 Å². The van der Waals surface area contributed by atoms with Crippen molar-refractivity contribution in [2.24, 2.45) is 0 Å². The number of morpholine rings is 1. The Hall–Kier alpha value is -2.39. The molecule has 1 heterocycles. The van der Waals surface area contributed by atoms with Gasteiger partial charge < -0.3 is 9.64 Å². The zero-order valence-electron chi connectivity index (χ0n) is 17.2. The topological polar surface area (TPSA) is 75.7 Å². The highest BCUT2D eigenvalue weighted by Gasteiger charge is 2.24. The molecule has 0 bridgehead atoms. The second-order valence-corrected chi connectivity index (χ2v) is 9.89. The van der Waals surface area contributed by atoms with Gasteiger partial charge in [0.15, 0.2) is 0 Å². The Kier molecular flexibility index (Phi) is 6.62. The van der Waals surface area contributed by atoms with Gasteiger partial charge in [-0.3, -0.25) is 4.79 Å². The fourth-order valence-electron chi connectivity index (χ4n) is 3.57. The van der Waals surface area contributed by atoms with E-state index in [0.717, 1.165) is 21.2 Å². The number of benzene rings is 3. The highest BCUT2D eigenvalue weighted by Crippen LogP contribution is 2.26. The van der Waals surface area contributed by atoms with Crippen LogP contribution in [-0.2, 0) is 21.3 Å². The van der Waals surface area contributed by atoms with Crippen molar-refractivity contribution in [3.8, 4) is 0 Å². The number of nitrogens with zero attached hydrogens (tertiary/aromatic N) is 1. The molecule has 31 heavy (non-hydrogen) atoms. The zero-order chi connectivity index (χ0) is 21.8. The number of fused-ring (bicyclic) bond motifs is 1. The monoisotopic (exact) mass is 456 g/mol. The number of rotatable bonds is 6. The predicted molar refractivity (Wildman–Crippen MR) is 123 cm³/mol. The van der Waals surface area contributed by atoms with E-state index >= 15 is 0 Å². The van der Waals surface area contributed by atoms with Gasteiger partial charge >= 0.3 is 0 Å². The number of carbonyl (C=O) groups excluding carboxylic acids is 1. The maximum atomic E-state index is 13.0. The van der Waals surface area contributed by atoms with Crippen LogP contribution in [0, 0.1) is 0 Å². The number of amides is 1. The van der Waals surface area contributed by atoms with Crippen molar-refractivity contribution in [1.29, 1.82) is 0 Å².